The molecule has 0 radical (unpaired) electrons. The van der Waals surface area contributed by atoms with Crippen molar-refractivity contribution in [2.45, 2.75) is 93.2 Å². The maximum atomic E-state index is 13.6. The smallest absolute Gasteiger partial charge is 0.243 e. The van der Waals surface area contributed by atoms with Crippen LogP contribution < -0.4 is 4.72 Å². The predicted molar refractivity (Wildman–Crippen MR) is 164 cm³/mol. The van der Waals surface area contributed by atoms with Crippen molar-refractivity contribution in [3.05, 3.63) is 66.7 Å². The molecule has 3 atom stereocenters. The fourth-order valence-corrected chi connectivity index (χ4v) is 12.0. The number of rotatable bonds is 15. The summed E-state index contributed by atoms with van der Waals surface area (Å²) in [6.45, 7) is 6.65. The van der Waals surface area contributed by atoms with Crippen LogP contribution in [0, 0.1) is 0 Å². The molecule has 5 nitrogen and oxygen atoms in total. The van der Waals surface area contributed by atoms with E-state index in [0.717, 1.165) is 61.9 Å². The highest BCUT2D eigenvalue weighted by molar-refractivity contribution is 7.89. The predicted octanol–water partition coefficient (Wildman–Crippen LogP) is 8.09. The average molecular weight is 577 g/mol. The van der Waals surface area contributed by atoms with E-state index in [1.165, 1.54) is 0 Å². The standard InChI is InChI=1S/C30H45N2O3PS2/c1-4-7-23-36(24-8-5-2,25-9-6-3)31-29-17-13-14-18-30(29)38(34,35)32-26-19-21-28(22-20-26)37(33)27-15-11-10-12-16-27/h10-19,21,26,28,32H,4-9,20,22-25H2,1-3H3. The number of sulfonamides is 1. The molecule has 0 spiro atoms. The van der Waals surface area contributed by atoms with Crippen LogP contribution in [0.1, 0.15) is 72.1 Å². The third-order valence-corrected chi connectivity index (χ3v) is 14.4. The lowest BCUT2D eigenvalue weighted by Crippen LogP contribution is -2.36. The van der Waals surface area contributed by atoms with Crippen molar-refractivity contribution < 1.29 is 12.6 Å². The molecule has 0 saturated heterocycles. The summed E-state index contributed by atoms with van der Waals surface area (Å²) in [4.78, 5) is 1.08. The Morgan fingerprint density at radius 3 is 1.97 bits per heavy atom. The van der Waals surface area contributed by atoms with E-state index in [1.54, 1.807) is 12.1 Å². The first-order valence-electron chi connectivity index (χ1n) is 14.2. The maximum Gasteiger partial charge on any atom is 0.243 e. The third kappa shape index (κ3) is 8.74. The molecule has 1 N–H and O–H groups in total. The molecule has 210 valence electrons. The molecule has 0 aromatic heterocycles. The largest absolute Gasteiger partial charge is 0.266 e. The molecule has 1 aliphatic carbocycles. The van der Waals surface area contributed by atoms with Crippen molar-refractivity contribution in [1.82, 2.24) is 4.72 Å². The second-order valence-electron chi connectivity index (χ2n) is 10.2. The summed E-state index contributed by atoms with van der Waals surface area (Å²) in [5, 5.41) is -0.110. The Bertz CT molecular complexity index is 1200. The van der Waals surface area contributed by atoms with Gasteiger partial charge in [0.1, 0.15) is 4.90 Å². The quantitative estimate of drug-likeness (QED) is 0.172. The van der Waals surface area contributed by atoms with Gasteiger partial charge in [-0.05, 0) is 81.9 Å². The minimum absolute atomic E-state index is 0.110. The molecule has 38 heavy (non-hydrogen) atoms. The number of nitrogens with one attached hydrogen (secondary N) is 1. The first-order valence-corrected chi connectivity index (χ1v) is 19.2. The van der Waals surface area contributed by atoms with Crippen LogP contribution >= 0.6 is 7.05 Å². The average Bonchev–Trinajstić information content (AvgIpc) is 2.94. The van der Waals surface area contributed by atoms with Crippen LogP contribution in [0.2, 0.25) is 0 Å². The molecule has 3 unspecified atom stereocenters. The Hall–Kier alpha value is -1.53. The molecule has 0 amide bonds. The summed E-state index contributed by atoms with van der Waals surface area (Å²) in [5.74, 6) is 0. The van der Waals surface area contributed by atoms with Crippen molar-refractivity contribution in [3.63, 3.8) is 0 Å². The SMILES string of the molecule is CCCCP(CCCC)(CCCC)=Nc1ccccc1S(=O)(=O)NC1C=CC(S(=O)c2ccccc2)CC1. The van der Waals surface area contributed by atoms with Gasteiger partial charge < -0.3 is 0 Å². The molecule has 8 heteroatoms. The van der Waals surface area contributed by atoms with E-state index in [9.17, 15) is 12.6 Å². The Kier molecular flexibility index (Phi) is 12.5. The van der Waals surface area contributed by atoms with Crippen LogP contribution in [-0.2, 0) is 20.8 Å². The topological polar surface area (TPSA) is 75.6 Å². The zero-order chi connectivity index (χ0) is 27.4. The number of nitrogens with zero attached hydrogens (tertiary/aromatic N) is 1. The summed E-state index contributed by atoms with van der Waals surface area (Å²) in [6, 6.07) is 16.4. The Labute approximate surface area is 233 Å². The molecule has 3 rings (SSSR count). The molecule has 1 aliphatic rings. The maximum absolute atomic E-state index is 13.6. The van der Waals surface area contributed by atoms with Gasteiger partial charge in [0.05, 0.1) is 21.7 Å². The molecule has 2 aromatic carbocycles. The zero-order valence-corrected chi connectivity index (χ0v) is 25.7. The highest BCUT2D eigenvalue weighted by Crippen LogP contribution is 2.55. The van der Waals surface area contributed by atoms with Crippen molar-refractivity contribution in [2.24, 2.45) is 4.74 Å². The van der Waals surface area contributed by atoms with Gasteiger partial charge in [-0.1, -0.05) is 82.5 Å². The van der Waals surface area contributed by atoms with Crippen molar-refractivity contribution in [2.75, 3.05) is 18.5 Å². The van der Waals surface area contributed by atoms with Gasteiger partial charge in [-0.3, -0.25) is 8.95 Å². The summed E-state index contributed by atoms with van der Waals surface area (Å²) in [6.07, 6.45) is 15.1. The zero-order valence-electron chi connectivity index (χ0n) is 23.2. The van der Waals surface area contributed by atoms with Crippen LogP contribution in [0.4, 0.5) is 5.69 Å². The van der Waals surface area contributed by atoms with Gasteiger partial charge in [-0.25, -0.2) is 13.1 Å². The molecule has 0 saturated carbocycles. The molecule has 2 aromatic rings. The van der Waals surface area contributed by atoms with Gasteiger partial charge in [0.25, 0.3) is 0 Å². The van der Waals surface area contributed by atoms with E-state index in [4.69, 9.17) is 4.74 Å². The Morgan fingerprint density at radius 1 is 0.842 bits per heavy atom. The third-order valence-electron chi connectivity index (χ3n) is 7.14. The summed E-state index contributed by atoms with van der Waals surface area (Å²) in [7, 11) is -6.58. The van der Waals surface area contributed by atoms with Gasteiger partial charge in [0.15, 0.2) is 0 Å². The summed E-state index contributed by atoms with van der Waals surface area (Å²) < 4.78 is 48.5. The number of unbranched alkanes of at least 4 members (excludes halogenated alkanes) is 3. The van der Waals surface area contributed by atoms with Gasteiger partial charge in [0.2, 0.25) is 10.0 Å². The Morgan fingerprint density at radius 2 is 1.42 bits per heavy atom. The lowest BCUT2D eigenvalue weighted by molar-refractivity contribution is 0.549. The molecular weight excluding hydrogens is 531 g/mol. The van der Waals surface area contributed by atoms with Gasteiger partial charge in [-0.2, -0.15) is 0 Å². The highest BCUT2D eigenvalue weighted by Gasteiger charge is 2.27. The molecule has 0 fully saturated rings. The molecule has 0 bridgehead atoms. The van der Waals surface area contributed by atoms with E-state index in [0.29, 0.717) is 18.5 Å². The lowest BCUT2D eigenvalue weighted by atomic mass is 10.0. The van der Waals surface area contributed by atoms with Crippen molar-refractivity contribution in [1.29, 1.82) is 0 Å². The lowest BCUT2D eigenvalue weighted by Gasteiger charge is -2.26. The van der Waals surface area contributed by atoms with Crippen LogP contribution in [0.3, 0.4) is 0 Å². The van der Waals surface area contributed by atoms with E-state index in [-0.39, 0.29) is 16.2 Å². The highest BCUT2D eigenvalue weighted by atomic mass is 32.2. The van der Waals surface area contributed by atoms with Gasteiger partial charge in [0, 0.05) is 10.9 Å². The van der Waals surface area contributed by atoms with E-state index in [1.807, 2.05) is 54.6 Å². The Balaban J connectivity index is 1.85. The van der Waals surface area contributed by atoms with Gasteiger partial charge >= 0.3 is 0 Å². The van der Waals surface area contributed by atoms with Crippen LogP contribution in [0.5, 0.6) is 0 Å². The molecular formula is C30H45N2O3PS2. The first kappa shape index (κ1) is 31.0. The van der Waals surface area contributed by atoms with Crippen molar-refractivity contribution >= 4 is 33.6 Å². The van der Waals surface area contributed by atoms with Crippen LogP contribution in [0.25, 0.3) is 0 Å². The van der Waals surface area contributed by atoms with Crippen LogP contribution in [0.15, 0.2) is 81.3 Å². The van der Waals surface area contributed by atoms with E-state index < -0.39 is 27.9 Å². The molecule has 0 heterocycles. The van der Waals surface area contributed by atoms with E-state index in [2.05, 4.69) is 25.5 Å². The second-order valence-corrected chi connectivity index (χ2v) is 17.3. The minimum Gasteiger partial charge on any atom is -0.266 e. The fourth-order valence-electron chi connectivity index (χ4n) is 4.90. The van der Waals surface area contributed by atoms with Crippen LogP contribution in [-0.4, -0.2) is 42.4 Å². The summed E-state index contributed by atoms with van der Waals surface area (Å²) in [5.41, 5.74) is 0.611. The number of hydrogen-bond donors (Lipinski definition) is 1. The monoisotopic (exact) mass is 576 g/mol. The fraction of sp³-hybridized carbons (Fsp3) is 0.533. The second kappa shape index (κ2) is 15.3. The number of benzene rings is 2. The first-order chi connectivity index (χ1) is 18.3. The van der Waals surface area contributed by atoms with E-state index >= 15 is 0 Å². The normalized spacial score (nSPS) is 18.8. The number of hydrogen-bond acceptors (Lipinski definition) is 4. The van der Waals surface area contributed by atoms with Crippen molar-refractivity contribution in [3.8, 4) is 0 Å². The van der Waals surface area contributed by atoms with Gasteiger partial charge in [-0.15, -0.1) is 0 Å². The molecule has 0 aliphatic heterocycles. The summed E-state index contributed by atoms with van der Waals surface area (Å²) >= 11 is 0. The minimum atomic E-state index is -3.77.